The van der Waals surface area contributed by atoms with Crippen molar-refractivity contribution < 1.29 is 17.9 Å². The summed E-state index contributed by atoms with van der Waals surface area (Å²) in [6.45, 7) is 2.05. The number of carbonyl (C=O) groups excluding carboxylic acids is 1. The minimum absolute atomic E-state index is 0.143. The van der Waals surface area contributed by atoms with Crippen LogP contribution in [0.15, 0.2) is 23.1 Å². The second-order valence-electron chi connectivity index (χ2n) is 4.31. The number of methoxy groups -OCH3 is 1. The van der Waals surface area contributed by atoms with Crippen LogP contribution in [0, 0.1) is 0 Å². The molecule has 1 aromatic carbocycles. The number of benzene rings is 1. The lowest BCUT2D eigenvalue weighted by atomic mass is 10.2. The summed E-state index contributed by atoms with van der Waals surface area (Å²) in [5.41, 5.74) is 0.381. The third-order valence-corrected chi connectivity index (χ3v) is 4.06. The van der Waals surface area contributed by atoms with Crippen molar-refractivity contribution in [3.63, 3.8) is 0 Å². The summed E-state index contributed by atoms with van der Waals surface area (Å²) in [6.07, 6.45) is 3.23. The third-order valence-electron chi connectivity index (χ3n) is 2.72. The number of anilines is 1. The first-order valence-electron chi connectivity index (χ1n) is 6.31. The van der Waals surface area contributed by atoms with Gasteiger partial charge in [0.25, 0.3) is 9.05 Å². The van der Waals surface area contributed by atoms with Crippen LogP contribution >= 0.6 is 10.7 Å². The van der Waals surface area contributed by atoms with Crippen molar-refractivity contribution in [2.24, 2.45) is 0 Å². The Morgan fingerprint density at radius 3 is 2.60 bits per heavy atom. The molecule has 0 radical (unpaired) electrons. The van der Waals surface area contributed by atoms with Gasteiger partial charge in [0.1, 0.15) is 10.6 Å². The zero-order valence-electron chi connectivity index (χ0n) is 11.5. The van der Waals surface area contributed by atoms with Crippen molar-refractivity contribution >= 4 is 31.3 Å². The molecule has 5 nitrogen and oxygen atoms in total. The largest absolute Gasteiger partial charge is 0.495 e. The van der Waals surface area contributed by atoms with Gasteiger partial charge in [0.2, 0.25) is 5.91 Å². The number of amides is 1. The van der Waals surface area contributed by atoms with Gasteiger partial charge in [-0.15, -0.1) is 0 Å². The fraction of sp³-hybridized carbons (Fsp3) is 0.462. The van der Waals surface area contributed by atoms with Crippen LogP contribution in [0.3, 0.4) is 0 Å². The van der Waals surface area contributed by atoms with Crippen molar-refractivity contribution in [1.82, 2.24) is 0 Å². The van der Waals surface area contributed by atoms with Gasteiger partial charge in [0.15, 0.2) is 0 Å². The van der Waals surface area contributed by atoms with Crippen LogP contribution in [0.1, 0.15) is 32.6 Å². The van der Waals surface area contributed by atoms with Gasteiger partial charge in [-0.3, -0.25) is 4.79 Å². The molecule has 1 rings (SSSR count). The molecule has 20 heavy (non-hydrogen) atoms. The lowest BCUT2D eigenvalue weighted by Crippen LogP contribution is -2.11. The standard InChI is InChI=1S/C13H18ClNO4S/c1-3-4-5-6-13(16)15-10-7-8-11(19-2)12(9-10)20(14,17)18/h7-9H,3-6H2,1-2H3,(H,15,16). The monoisotopic (exact) mass is 319 g/mol. The predicted octanol–water partition coefficient (Wildman–Crippen LogP) is 3.14. The zero-order chi connectivity index (χ0) is 15.2. The normalized spacial score (nSPS) is 11.2. The maximum Gasteiger partial charge on any atom is 0.265 e. The van der Waals surface area contributed by atoms with E-state index >= 15 is 0 Å². The fourth-order valence-corrected chi connectivity index (χ4v) is 2.73. The van der Waals surface area contributed by atoms with E-state index in [9.17, 15) is 13.2 Å². The van der Waals surface area contributed by atoms with Gasteiger partial charge < -0.3 is 10.1 Å². The predicted molar refractivity (Wildman–Crippen MR) is 78.8 cm³/mol. The SMILES string of the molecule is CCCCCC(=O)Nc1ccc(OC)c(S(=O)(=O)Cl)c1. The minimum atomic E-state index is -3.93. The van der Waals surface area contributed by atoms with E-state index in [1.54, 1.807) is 6.07 Å². The van der Waals surface area contributed by atoms with Crippen LogP contribution in [0.4, 0.5) is 5.69 Å². The number of hydrogen-bond donors (Lipinski definition) is 1. The molecule has 0 heterocycles. The minimum Gasteiger partial charge on any atom is -0.495 e. The Balaban J connectivity index is 2.85. The molecule has 0 saturated carbocycles. The molecule has 1 aromatic rings. The highest BCUT2D eigenvalue weighted by atomic mass is 35.7. The average molecular weight is 320 g/mol. The number of rotatable bonds is 7. The van der Waals surface area contributed by atoms with E-state index < -0.39 is 9.05 Å². The maximum atomic E-state index is 11.7. The van der Waals surface area contributed by atoms with E-state index in [1.807, 2.05) is 0 Å². The molecule has 1 amide bonds. The number of unbranched alkanes of at least 4 members (excludes halogenated alkanes) is 2. The van der Waals surface area contributed by atoms with Crippen molar-refractivity contribution in [3.05, 3.63) is 18.2 Å². The summed E-state index contributed by atoms with van der Waals surface area (Å²) < 4.78 is 27.8. The van der Waals surface area contributed by atoms with Gasteiger partial charge in [0, 0.05) is 22.8 Å². The Kier molecular flexibility index (Phi) is 6.29. The molecular formula is C13H18ClNO4S. The maximum absolute atomic E-state index is 11.7. The van der Waals surface area contributed by atoms with Gasteiger partial charge in [-0.1, -0.05) is 19.8 Å². The molecule has 7 heteroatoms. The summed E-state index contributed by atoms with van der Waals surface area (Å²) in [5.74, 6) is -0.00878. The van der Waals surface area contributed by atoms with Crippen molar-refractivity contribution in [2.75, 3.05) is 12.4 Å². The smallest absolute Gasteiger partial charge is 0.265 e. The van der Waals surface area contributed by atoms with Crippen LogP contribution in [0.5, 0.6) is 5.75 Å². The van der Waals surface area contributed by atoms with Crippen LogP contribution in [0.2, 0.25) is 0 Å². The third kappa shape index (κ3) is 5.02. The van der Waals surface area contributed by atoms with E-state index in [2.05, 4.69) is 12.2 Å². The van der Waals surface area contributed by atoms with Gasteiger partial charge in [-0.25, -0.2) is 8.42 Å². The quantitative estimate of drug-likeness (QED) is 0.619. The molecule has 112 valence electrons. The molecule has 0 atom stereocenters. The second-order valence-corrected chi connectivity index (χ2v) is 6.84. The molecule has 1 N–H and O–H groups in total. The Morgan fingerprint density at radius 1 is 1.35 bits per heavy atom. The lowest BCUT2D eigenvalue weighted by molar-refractivity contribution is -0.116. The highest BCUT2D eigenvalue weighted by Gasteiger charge is 2.17. The van der Waals surface area contributed by atoms with Crippen LogP contribution in [0.25, 0.3) is 0 Å². The molecule has 0 aliphatic heterocycles. The van der Waals surface area contributed by atoms with Crippen LogP contribution in [-0.4, -0.2) is 21.4 Å². The molecule has 0 unspecified atom stereocenters. The Bertz CT molecular complexity index is 572. The van der Waals surface area contributed by atoms with Crippen molar-refractivity contribution in [3.8, 4) is 5.75 Å². The number of halogens is 1. The number of carbonyl (C=O) groups is 1. The van der Waals surface area contributed by atoms with Crippen molar-refractivity contribution in [2.45, 2.75) is 37.5 Å². The van der Waals surface area contributed by atoms with E-state index in [-0.39, 0.29) is 16.6 Å². The van der Waals surface area contributed by atoms with Gasteiger partial charge in [0.05, 0.1) is 7.11 Å². The van der Waals surface area contributed by atoms with Crippen LogP contribution in [-0.2, 0) is 13.8 Å². The highest BCUT2D eigenvalue weighted by Crippen LogP contribution is 2.29. The lowest BCUT2D eigenvalue weighted by Gasteiger charge is -2.09. The first-order chi connectivity index (χ1) is 9.38. The number of nitrogens with one attached hydrogen (secondary N) is 1. The summed E-state index contributed by atoms with van der Waals surface area (Å²) in [5, 5.41) is 2.65. The first-order valence-corrected chi connectivity index (χ1v) is 8.62. The number of hydrogen-bond acceptors (Lipinski definition) is 4. The second kappa shape index (κ2) is 7.50. The van der Waals surface area contributed by atoms with E-state index in [1.165, 1.54) is 19.2 Å². The van der Waals surface area contributed by atoms with E-state index in [4.69, 9.17) is 15.4 Å². The summed E-state index contributed by atoms with van der Waals surface area (Å²) >= 11 is 0. The fourth-order valence-electron chi connectivity index (χ4n) is 1.70. The topological polar surface area (TPSA) is 72.5 Å². The molecule has 0 fully saturated rings. The van der Waals surface area contributed by atoms with Crippen LogP contribution < -0.4 is 10.1 Å². The molecule has 0 bridgehead atoms. The van der Waals surface area contributed by atoms with E-state index in [0.717, 1.165) is 19.3 Å². The molecule has 0 aromatic heterocycles. The Morgan fingerprint density at radius 2 is 2.05 bits per heavy atom. The molecule has 0 aliphatic rings. The van der Waals surface area contributed by atoms with Crippen molar-refractivity contribution in [1.29, 1.82) is 0 Å². The average Bonchev–Trinajstić information content (AvgIpc) is 2.38. The Labute approximate surface area is 123 Å². The highest BCUT2D eigenvalue weighted by molar-refractivity contribution is 8.13. The zero-order valence-corrected chi connectivity index (χ0v) is 13.1. The Hall–Kier alpha value is -1.27. The van der Waals surface area contributed by atoms with Gasteiger partial charge in [-0.05, 0) is 24.6 Å². The summed E-state index contributed by atoms with van der Waals surface area (Å²) in [4.78, 5) is 11.5. The summed E-state index contributed by atoms with van der Waals surface area (Å²) in [7, 11) is 2.76. The molecule has 0 spiro atoms. The first kappa shape index (κ1) is 16.8. The number of ether oxygens (including phenoxy) is 1. The molecule has 0 aliphatic carbocycles. The molecule has 0 saturated heterocycles. The molecular weight excluding hydrogens is 302 g/mol. The van der Waals surface area contributed by atoms with E-state index in [0.29, 0.717) is 12.1 Å². The summed E-state index contributed by atoms with van der Waals surface area (Å²) in [6, 6.07) is 4.32. The van der Waals surface area contributed by atoms with Gasteiger partial charge in [-0.2, -0.15) is 0 Å². The van der Waals surface area contributed by atoms with Gasteiger partial charge >= 0.3 is 0 Å².